The molecule has 0 atom stereocenters. The average molecular weight is 276 g/mol. The van der Waals surface area contributed by atoms with Crippen molar-refractivity contribution in [2.24, 2.45) is 0 Å². The fourth-order valence-electron chi connectivity index (χ4n) is 1.46. The summed E-state index contributed by atoms with van der Waals surface area (Å²) in [6.45, 7) is 0. The Balaban J connectivity index is 2.14. The van der Waals surface area contributed by atoms with Crippen molar-refractivity contribution in [2.75, 3.05) is 5.73 Å². The molecule has 0 spiro atoms. The molecular weight excluding hydrogens is 266 g/mol. The number of pyridine rings is 1. The van der Waals surface area contributed by atoms with Gasteiger partial charge in [-0.05, 0) is 29.8 Å². The van der Waals surface area contributed by atoms with Gasteiger partial charge in [-0.2, -0.15) is 5.26 Å². The number of nitrogens with zero attached hydrogens (tertiary/aromatic N) is 2. The number of halogens is 1. The van der Waals surface area contributed by atoms with Gasteiger partial charge in [-0.25, -0.2) is 4.98 Å². The number of rotatable bonds is 3. The van der Waals surface area contributed by atoms with E-state index in [2.05, 4.69) is 11.1 Å². The highest BCUT2D eigenvalue weighted by atomic mass is 35.5. The molecule has 2 rings (SSSR count). The first-order valence-electron chi connectivity index (χ1n) is 5.22. The van der Waals surface area contributed by atoms with E-state index >= 15 is 0 Å². The quantitative estimate of drug-likeness (QED) is 0.688. The smallest absolute Gasteiger partial charge is 0.144 e. The highest BCUT2D eigenvalue weighted by Crippen LogP contribution is 2.30. The largest absolute Gasteiger partial charge is 0.398 e. The molecule has 2 aromatic rings. The van der Waals surface area contributed by atoms with E-state index in [0.29, 0.717) is 22.2 Å². The maximum Gasteiger partial charge on any atom is 0.144 e. The normalized spacial score (nSPS) is 10.0. The van der Waals surface area contributed by atoms with Crippen molar-refractivity contribution < 1.29 is 0 Å². The first-order chi connectivity index (χ1) is 8.70. The summed E-state index contributed by atoms with van der Waals surface area (Å²) in [6, 6.07) is 11.2. The van der Waals surface area contributed by atoms with Crippen LogP contribution in [0.4, 0.5) is 5.69 Å². The Hall–Kier alpha value is -1.70. The molecule has 0 radical (unpaired) electrons. The summed E-state index contributed by atoms with van der Waals surface area (Å²) in [6.07, 6.45) is 1.61. The summed E-state index contributed by atoms with van der Waals surface area (Å²) in [7, 11) is 0. The van der Waals surface area contributed by atoms with Crippen LogP contribution < -0.4 is 5.73 Å². The van der Waals surface area contributed by atoms with E-state index in [9.17, 15) is 0 Å². The van der Waals surface area contributed by atoms with Crippen molar-refractivity contribution in [1.29, 1.82) is 5.26 Å². The zero-order valence-corrected chi connectivity index (χ0v) is 11.0. The van der Waals surface area contributed by atoms with Gasteiger partial charge in [0.2, 0.25) is 0 Å². The molecule has 2 N–H and O–H groups in total. The van der Waals surface area contributed by atoms with Gasteiger partial charge < -0.3 is 5.73 Å². The van der Waals surface area contributed by atoms with Crippen molar-refractivity contribution in [3.8, 4) is 6.07 Å². The zero-order valence-electron chi connectivity index (χ0n) is 9.43. The van der Waals surface area contributed by atoms with E-state index in [1.54, 1.807) is 30.1 Å². The van der Waals surface area contributed by atoms with Gasteiger partial charge in [0.15, 0.2) is 0 Å². The van der Waals surface area contributed by atoms with Crippen molar-refractivity contribution in [2.45, 2.75) is 10.6 Å². The topological polar surface area (TPSA) is 62.7 Å². The van der Waals surface area contributed by atoms with Crippen LogP contribution in [0.25, 0.3) is 0 Å². The van der Waals surface area contributed by atoms with Crippen LogP contribution in [0.15, 0.2) is 41.4 Å². The van der Waals surface area contributed by atoms with Gasteiger partial charge in [-0.1, -0.05) is 17.7 Å². The van der Waals surface area contributed by atoms with Crippen molar-refractivity contribution in [3.05, 3.63) is 52.8 Å². The molecule has 0 aliphatic rings. The van der Waals surface area contributed by atoms with Gasteiger partial charge in [0.25, 0.3) is 0 Å². The third-order valence-corrected chi connectivity index (χ3v) is 3.73. The summed E-state index contributed by atoms with van der Waals surface area (Å²) in [5, 5.41) is 9.56. The van der Waals surface area contributed by atoms with E-state index in [1.807, 2.05) is 18.2 Å². The molecule has 0 unspecified atom stereocenters. The summed E-state index contributed by atoms with van der Waals surface area (Å²) >= 11 is 7.40. The number of thioether (sulfide) groups is 1. The van der Waals surface area contributed by atoms with E-state index in [0.717, 1.165) is 10.5 Å². The van der Waals surface area contributed by atoms with Gasteiger partial charge in [0.1, 0.15) is 11.8 Å². The van der Waals surface area contributed by atoms with Crippen molar-refractivity contribution in [1.82, 2.24) is 4.98 Å². The van der Waals surface area contributed by atoms with Crippen molar-refractivity contribution >= 4 is 29.1 Å². The Morgan fingerprint density at radius 3 is 2.94 bits per heavy atom. The number of aromatic nitrogens is 1. The predicted molar refractivity (Wildman–Crippen MR) is 74.4 cm³/mol. The van der Waals surface area contributed by atoms with Crippen LogP contribution in [-0.4, -0.2) is 4.98 Å². The molecule has 0 aliphatic carbocycles. The van der Waals surface area contributed by atoms with E-state index in [4.69, 9.17) is 22.6 Å². The molecule has 0 saturated carbocycles. The molecule has 0 saturated heterocycles. The number of hydrogen-bond donors (Lipinski definition) is 1. The van der Waals surface area contributed by atoms with Crippen LogP contribution in [0.1, 0.15) is 11.3 Å². The number of nitrogen functional groups attached to an aromatic ring is 1. The molecule has 1 aromatic carbocycles. The molecule has 3 nitrogen and oxygen atoms in total. The average Bonchev–Trinajstić information content (AvgIpc) is 2.38. The summed E-state index contributed by atoms with van der Waals surface area (Å²) in [5.74, 6) is 0.655. The fourth-order valence-corrected chi connectivity index (χ4v) is 2.58. The van der Waals surface area contributed by atoms with E-state index in [-0.39, 0.29) is 0 Å². The van der Waals surface area contributed by atoms with E-state index in [1.165, 1.54) is 0 Å². The maximum atomic E-state index is 8.94. The first-order valence-corrected chi connectivity index (χ1v) is 6.59. The highest BCUT2D eigenvalue weighted by Gasteiger charge is 2.05. The summed E-state index contributed by atoms with van der Waals surface area (Å²) in [4.78, 5) is 4.97. The molecular formula is C13H10ClN3S. The second kappa shape index (κ2) is 5.76. The van der Waals surface area contributed by atoms with Crippen LogP contribution in [0, 0.1) is 11.3 Å². The molecule has 5 heteroatoms. The van der Waals surface area contributed by atoms with Crippen LogP contribution >= 0.6 is 23.4 Å². The standard InChI is InChI=1S/C13H10ClN3S/c14-10-3-4-13(11(16)6-10)18-8-9-2-1-5-17-12(9)7-15/h1-6H,8,16H2. The molecule has 1 heterocycles. The lowest BCUT2D eigenvalue weighted by Gasteiger charge is -2.06. The van der Waals surface area contributed by atoms with Gasteiger partial charge >= 0.3 is 0 Å². The molecule has 18 heavy (non-hydrogen) atoms. The highest BCUT2D eigenvalue weighted by molar-refractivity contribution is 7.98. The minimum atomic E-state index is 0.456. The molecule has 90 valence electrons. The molecule has 0 aliphatic heterocycles. The third-order valence-electron chi connectivity index (χ3n) is 2.35. The number of nitriles is 1. The van der Waals surface area contributed by atoms with E-state index < -0.39 is 0 Å². The lowest BCUT2D eigenvalue weighted by molar-refractivity contribution is 1.19. The number of hydrogen-bond acceptors (Lipinski definition) is 4. The molecule has 1 aromatic heterocycles. The van der Waals surface area contributed by atoms with Gasteiger partial charge in [0.05, 0.1) is 0 Å². The van der Waals surface area contributed by atoms with Crippen molar-refractivity contribution in [3.63, 3.8) is 0 Å². The minimum absolute atomic E-state index is 0.456. The predicted octanol–water partition coefficient (Wildman–Crippen LogP) is 3.48. The second-order valence-electron chi connectivity index (χ2n) is 3.59. The number of anilines is 1. The SMILES string of the molecule is N#Cc1ncccc1CSc1ccc(Cl)cc1N. The lowest BCUT2D eigenvalue weighted by atomic mass is 10.2. The zero-order chi connectivity index (χ0) is 13.0. The fraction of sp³-hybridized carbons (Fsp3) is 0.0769. The Morgan fingerprint density at radius 2 is 2.22 bits per heavy atom. The lowest BCUT2D eigenvalue weighted by Crippen LogP contribution is -1.92. The Bertz CT molecular complexity index is 607. The Kier molecular flexibility index (Phi) is 4.08. The maximum absolute atomic E-state index is 8.94. The number of benzene rings is 1. The molecule has 0 amide bonds. The van der Waals surface area contributed by atoms with Gasteiger partial charge in [-0.3, -0.25) is 0 Å². The Labute approximate surface area is 115 Å². The monoisotopic (exact) mass is 275 g/mol. The van der Waals surface area contributed by atoms with Crippen LogP contribution in [-0.2, 0) is 5.75 Å². The first kappa shape index (κ1) is 12.7. The minimum Gasteiger partial charge on any atom is -0.398 e. The second-order valence-corrected chi connectivity index (χ2v) is 5.05. The van der Waals surface area contributed by atoms with Gasteiger partial charge in [-0.15, -0.1) is 11.8 Å². The Morgan fingerprint density at radius 1 is 1.39 bits per heavy atom. The number of nitrogens with two attached hydrogens (primary N) is 1. The van der Waals surface area contributed by atoms with Gasteiger partial charge in [0, 0.05) is 27.6 Å². The van der Waals surface area contributed by atoms with Crippen LogP contribution in [0.3, 0.4) is 0 Å². The summed E-state index contributed by atoms with van der Waals surface area (Å²) < 4.78 is 0. The molecule has 0 fully saturated rings. The molecule has 0 bridgehead atoms. The third kappa shape index (κ3) is 2.95. The van der Waals surface area contributed by atoms with Crippen LogP contribution in [0.5, 0.6) is 0 Å². The van der Waals surface area contributed by atoms with Crippen LogP contribution in [0.2, 0.25) is 5.02 Å². The summed E-state index contributed by atoms with van der Waals surface area (Å²) in [5.41, 5.74) is 7.88.